The van der Waals surface area contributed by atoms with E-state index in [1.54, 1.807) is 18.6 Å². The number of rotatable bonds is 5. The number of aromatic nitrogens is 4. The van der Waals surface area contributed by atoms with Crippen LogP contribution in [0.5, 0.6) is 0 Å². The number of hydrogen-bond acceptors (Lipinski definition) is 7. The Bertz CT molecular complexity index is 744. The van der Waals surface area contributed by atoms with Crippen LogP contribution in [0.3, 0.4) is 0 Å². The molecule has 1 aliphatic rings. The maximum absolute atomic E-state index is 9.24. The lowest BCUT2D eigenvalue weighted by Crippen LogP contribution is -2.29. The summed E-state index contributed by atoms with van der Waals surface area (Å²) in [6.07, 6.45) is 7.71. The molecule has 9 heteroatoms. The van der Waals surface area contributed by atoms with Crippen molar-refractivity contribution in [3.05, 3.63) is 46.5 Å². The highest BCUT2D eigenvalue weighted by molar-refractivity contribution is 6.29. The minimum absolute atomic E-state index is 0.00208. The molecule has 1 aliphatic heterocycles. The van der Waals surface area contributed by atoms with Gasteiger partial charge in [-0.15, -0.1) is 0 Å². The first kappa shape index (κ1) is 21.9. The van der Waals surface area contributed by atoms with E-state index in [0.29, 0.717) is 29.0 Å². The summed E-state index contributed by atoms with van der Waals surface area (Å²) in [5.41, 5.74) is 0.948. The quantitative estimate of drug-likeness (QED) is 0.774. The highest BCUT2D eigenvalue weighted by atomic mass is 35.5. The van der Waals surface area contributed by atoms with Gasteiger partial charge in [0.25, 0.3) is 0 Å². The van der Waals surface area contributed by atoms with Gasteiger partial charge in [0.1, 0.15) is 10.3 Å². The zero-order valence-corrected chi connectivity index (χ0v) is 16.9. The van der Waals surface area contributed by atoms with Gasteiger partial charge >= 0.3 is 0 Å². The second kappa shape index (κ2) is 9.71. The van der Waals surface area contributed by atoms with Gasteiger partial charge in [-0.1, -0.05) is 37.0 Å². The third-order valence-electron chi connectivity index (χ3n) is 4.68. The lowest BCUT2D eigenvalue weighted by molar-refractivity contribution is 0.161. The molecule has 0 radical (unpaired) electrons. The molecule has 2 atom stereocenters. The molecule has 1 fully saturated rings. The van der Waals surface area contributed by atoms with Crippen LogP contribution >= 0.6 is 23.2 Å². The minimum atomic E-state index is -0.577. The van der Waals surface area contributed by atoms with Gasteiger partial charge in [0.15, 0.2) is 0 Å². The Morgan fingerprint density at radius 2 is 1.78 bits per heavy atom. The molecule has 0 aromatic carbocycles. The van der Waals surface area contributed by atoms with Crippen molar-refractivity contribution in [3.8, 4) is 0 Å². The number of nitrogens with zero attached hydrogens (tertiary/aromatic N) is 4. The smallest absolute Gasteiger partial charge is 0.147 e. The largest absolute Gasteiger partial charge is 0.396 e. The Hall–Kier alpha value is -1.38. The molecule has 2 N–H and O–H groups in total. The highest BCUT2D eigenvalue weighted by Crippen LogP contribution is 2.31. The van der Waals surface area contributed by atoms with Crippen molar-refractivity contribution < 1.29 is 14.9 Å². The average Bonchev–Trinajstić information content (AvgIpc) is 3.10. The Morgan fingerprint density at radius 3 is 2.30 bits per heavy atom. The first-order valence-electron chi connectivity index (χ1n) is 8.58. The van der Waals surface area contributed by atoms with Gasteiger partial charge in [0, 0.05) is 36.4 Å². The highest BCUT2D eigenvalue weighted by Gasteiger charge is 2.33. The number of ether oxygens (including phenoxy) is 1. The van der Waals surface area contributed by atoms with Crippen LogP contribution in [0.15, 0.2) is 24.8 Å². The monoisotopic (exact) mass is 414 g/mol. The summed E-state index contributed by atoms with van der Waals surface area (Å²) in [5.74, 6) is 0. The van der Waals surface area contributed by atoms with E-state index in [2.05, 4.69) is 26.9 Å². The molecule has 3 rings (SSSR count). The zero-order chi connectivity index (χ0) is 19.9. The summed E-state index contributed by atoms with van der Waals surface area (Å²) in [6.45, 7) is 5.34. The fourth-order valence-corrected chi connectivity index (χ4v) is 2.96. The van der Waals surface area contributed by atoms with Crippen molar-refractivity contribution in [2.45, 2.75) is 37.5 Å². The zero-order valence-electron chi connectivity index (χ0n) is 15.4. The van der Waals surface area contributed by atoms with Crippen molar-refractivity contribution in [2.75, 3.05) is 26.4 Å². The molecule has 7 nitrogen and oxygen atoms in total. The normalized spacial score (nSPS) is 21.3. The summed E-state index contributed by atoms with van der Waals surface area (Å²) in [6, 6.07) is 0. The SMILES string of the molecule is CC(CO)(CCO)c1cncc(Cl)n1.C[C@]1(c2cncc(Cl)n2)CCOC1. The summed E-state index contributed by atoms with van der Waals surface area (Å²) in [7, 11) is 0. The maximum atomic E-state index is 9.24. The van der Waals surface area contributed by atoms with E-state index in [1.807, 2.05) is 6.92 Å². The molecule has 1 unspecified atom stereocenters. The number of aliphatic hydroxyl groups is 2. The summed E-state index contributed by atoms with van der Waals surface area (Å²) < 4.78 is 5.34. The Kier molecular flexibility index (Phi) is 7.88. The Labute approximate surface area is 168 Å². The van der Waals surface area contributed by atoms with Crippen molar-refractivity contribution in [3.63, 3.8) is 0 Å². The fraction of sp³-hybridized carbons (Fsp3) is 0.556. The molecule has 0 spiro atoms. The van der Waals surface area contributed by atoms with E-state index in [4.69, 9.17) is 33.0 Å². The van der Waals surface area contributed by atoms with Gasteiger partial charge < -0.3 is 14.9 Å². The van der Waals surface area contributed by atoms with Crippen molar-refractivity contribution in [1.82, 2.24) is 19.9 Å². The third kappa shape index (κ3) is 5.80. The third-order valence-corrected chi connectivity index (χ3v) is 5.04. The molecule has 1 saturated heterocycles. The number of halogens is 2. The molecule has 3 heterocycles. The van der Waals surface area contributed by atoms with Crippen LogP contribution in [-0.2, 0) is 15.6 Å². The number of hydrogen-bond donors (Lipinski definition) is 2. The van der Waals surface area contributed by atoms with Gasteiger partial charge in [0.05, 0.1) is 37.0 Å². The van der Waals surface area contributed by atoms with E-state index in [-0.39, 0.29) is 18.6 Å². The van der Waals surface area contributed by atoms with Crippen LogP contribution in [0.2, 0.25) is 10.3 Å². The molecule has 27 heavy (non-hydrogen) atoms. The first-order valence-corrected chi connectivity index (χ1v) is 9.34. The fourth-order valence-electron chi connectivity index (χ4n) is 2.67. The van der Waals surface area contributed by atoms with Gasteiger partial charge in [0.2, 0.25) is 0 Å². The first-order chi connectivity index (χ1) is 12.8. The second-order valence-electron chi connectivity index (χ2n) is 7.01. The summed E-state index contributed by atoms with van der Waals surface area (Å²) in [4.78, 5) is 16.2. The van der Waals surface area contributed by atoms with Crippen LogP contribution < -0.4 is 0 Å². The van der Waals surface area contributed by atoms with Crippen LogP contribution in [0, 0.1) is 0 Å². The molecule has 0 bridgehead atoms. The van der Waals surface area contributed by atoms with Crippen LogP contribution in [0.25, 0.3) is 0 Å². The lowest BCUT2D eigenvalue weighted by Gasteiger charge is -2.25. The van der Waals surface area contributed by atoms with Gasteiger partial charge in [-0.2, -0.15) is 0 Å². The maximum Gasteiger partial charge on any atom is 0.147 e. The van der Waals surface area contributed by atoms with E-state index in [1.165, 1.54) is 6.20 Å². The number of aliphatic hydroxyl groups excluding tert-OH is 2. The summed E-state index contributed by atoms with van der Waals surface area (Å²) >= 11 is 11.5. The van der Waals surface area contributed by atoms with Crippen molar-refractivity contribution in [2.24, 2.45) is 0 Å². The molecule has 0 saturated carbocycles. The Balaban J connectivity index is 0.000000194. The second-order valence-corrected chi connectivity index (χ2v) is 7.78. The molecule has 2 aromatic heterocycles. The van der Waals surface area contributed by atoms with Crippen molar-refractivity contribution >= 4 is 23.2 Å². The molecule has 0 aliphatic carbocycles. The molecular weight excluding hydrogens is 391 g/mol. The van der Waals surface area contributed by atoms with Gasteiger partial charge in [-0.05, 0) is 12.8 Å². The molecule has 148 valence electrons. The molecule has 2 aromatic rings. The molecule has 0 amide bonds. The topological polar surface area (TPSA) is 101 Å². The van der Waals surface area contributed by atoms with E-state index in [0.717, 1.165) is 18.7 Å². The summed E-state index contributed by atoms with van der Waals surface area (Å²) in [5, 5.41) is 18.9. The van der Waals surface area contributed by atoms with Crippen molar-refractivity contribution in [1.29, 1.82) is 0 Å². The standard InChI is InChI=1S/C9H13ClN2O2.C9H11ClN2O/c1-9(6-14,2-3-13)7-4-11-5-8(10)12-7;1-9(2-3-13-6-9)7-4-11-5-8(10)12-7/h4-5,13-14H,2-3,6H2,1H3;4-5H,2-3,6H2,1H3/t;9-/m.0/s1. The van der Waals surface area contributed by atoms with E-state index < -0.39 is 5.41 Å². The lowest BCUT2D eigenvalue weighted by atomic mass is 9.85. The van der Waals surface area contributed by atoms with Gasteiger partial charge in [-0.3, -0.25) is 9.97 Å². The van der Waals surface area contributed by atoms with Gasteiger partial charge in [-0.25, -0.2) is 9.97 Å². The van der Waals surface area contributed by atoms with Crippen LogP contribution in [0.4, 0.5) is 0 Å². The minimum Gasteiger partial charge on any atom is -0.396 e. The Morgan fingerprint density at radius 1 is 1.11 bits per heavy atom. The predicted octanol–water partition coefficient (Wildman–Crippen LogP) is 2.57. The molecular formula is C18H24Cl2N4O3. The van der Waals surface area contributed by atoms with E-state index >= 15 is 0 Å². The predicted molar refractivity (Wildman–Crippen MR) is 103 cm³/mol. The van der Waals surface area contributed by atoms with Crippen LogP contribution in [0.1, 0.15) is 38.1 Å². The van der Waals surface area contributed by atoms with Crippen LogP contribution in [-0.4, -0.2) is 56.6 Å². The average molecular weight is 415 g/mol. The van der Waals surface area contributed by atoms with E-state index in [9.17, 15) is 5.11 Å².